The molecule has 17 heavy (non-hydrogen) atoms. The van der Waals surface area contributed by atoms with Gasteiger partial charge in [-0.2, -0.15) is 0 Å². The molecule has 0 spiro atoms. The third-order valence-electron chi connectivity index (χ3n) is 2.27. The second-order valence-corrected chi connectivity index (χ2v) is 3.96. The summed E-state index contributed by atoms with van der Waals surface area (Å²) in [6.07, 6.45) is 2.67. The summed E-state index contributed by atoms with van der Waals surface area (Å²) in [5, 5.41) is 13.5. The lowest BCUT2D eigenvalue weighted by molar-refractivity contribution is 0.191. The fourth-order valence-electron chi connectivity index (χ4n) is 1.38. The highest BCUT2D eigenvalue weighted by atomic mass is 35.5. The first-order valence-corrected chi connectivity index (χ1v) is 5.58. The average molecular weight is 250 g/mol. The Hall–Kier alpha value is -1.65. The van der Waals surface area contributed by atoms with Gasteiger partial charge in [-0.05, 0) is 23.8 Å². The summed E-state index contributed by atoms with van der Waals surface area (Å²) >= 11 is 5.77. The van der Waals surface area contributed by atoms with Gasteiger partial charge in [0, 0.05) is 24.0 Å². The number of benzene rings is 1. The zero-order valence-electron chi connectivity index (χ0n) is 9.05. The van der Waals surface area contributed by atoms with E-state index in [0.29, 0.717) is 17.5 Å². The van der Waals surface area contributed by atoms with Gasteiger partial charge in [0.2, 0.25) is 5.95 Å². The lowest BCUT2D eigenvalue weighted by atomic mass is 10.1. The Morgan fingerprint density at radius 1 is 1.18 bits per heavy atom. The van der Waals surface area contributed by atoms with Crippen LogP contribution < -0.4 is 5.32 Å². The number of aliphatic hydroxyl groups excluding tert-OH is 1. The Morgan fingerprint density at radius 3 is 2.47 bits per heavy atom. The molecule has 0 radical (unpaired) electrons. The lowest BCUT2D eigenvalue weighted by Crippen LogP contribution is -2.13. The maximum Gasteiger partial charge on any atom is 0.222 e. The van der Waals surface area contributed by atoms with Crippen LogP contribution in [0.2, 0.25) is 5.02 Å². The van der Waals surface area contributed by atoms with Gasteiger partial charge in [-0.3, -0.25) is 0 Å². The Balaban J connectivity index is 1.93. The largest absolute Gasteiger partial charge is 0.387 e. The summed E-state index contributed by atoms with van der Waals surface area (Å²) in [6.45, 7) is 0.353. The number of hydrogen-bond donors (Lipinski definition) is 2. The monoisotopic (exact) mass is 249 g/mol. The van der Waals surface area contributed by atoms with Crippen molar-refractivity contribution in [2.24, 2.45) is 0 Å². The number of halogens is 1. The van der Waals surface area contributed by atoms with Crippen molar-refractivity contribution in [2.75, 3.05) is 11.9 Å². The Morgan fingerprint density at radius 2 is 1.82 bits per heavy atom. The molecular formula is C12H12ClN3O. The van der Waals surface area contributed by atoms with Crippen molar-refractivity contribution in [1.82, 2.24) is 9.97 Å². The Labute approximate surface area is 104 Å². The summed E-state index contributed by atoms with van der Waals surface area (Å²) < 4.78 is 0. The molecular weight excluding hydrogens is 238 g/mol. The lowest BCUT2D eigenvalue weighted by Gasteiger charge is -2.11. The first-order valence-electron chi connectivity index (χ1n) is 5.20. The molecule has 0 aliphatic heterocycles. The highest BCUT2D eigenvalue weighted by Gasteiger charge is 2.07. The maximum absolute atomic E-state index is 9.91. The molecule has 0 aliphatic carbocycles. The van der Waals surface area contributed by atoms with E-state index in [2.05, 4.69) is 15.3 Å². The highest BCUT2D eigenvalue weighted by molar-refractivity contribution is 6.30. The molecule has 88 valence electrons. The Kier molecular flexibility index (Phi) is 3.90. The third kappa shape index (κ3) is 3.41. The van der Waals surface area contributed by atoms with Gasteiger partial charge in [0.1, 0.15) is 0 Å². The minimum absolute atomic E-state index is 0.353. The van der Waals surface area contributed by atoms with Gasteiger partial charge in [-0.15, -0.1) is 0 Å². The number of rotatable bonds is 4. The molecule has 0 aliphatic rings. The molecule has 0 bridgehead atoms. The molecule has 0 fully saturated rings. The second-order valence-electron chi connectivity index (χ2n) is 3.52. The van der Waals surface area contributed by atoms with Crippen LogP contribution in [0.3, 0.4) is 0 Å². The quantitative estimate of drug-likeness (QED) is 0.873. The van der Waals surface area contributed by atoms with E-state index in [0.717, 1.165) is 5.56 Å². The highest BCUT2D eigenvalue weighted by Crippen LogP contribution is 2.16. The predicted molar refractivity (Wildman–Crippen MR) is 66.9 cm³/mol. The number of nitrogens with zero attached hydrogens (tertiary/aromatic N) is 2. The summed E-state index contributed by atoms with van der Waals surface area (Å²) in [4.78, 5) is 8.01. The van der Waals surface area contributed by atoms with Gasteiger partial charge in [0.05, 0.1) is 6.10 Å². The van der Waals surface area contributed by atoms with Crippen molar-refractivity contribution in [1.29, 1.82) is 0 Å². The standard InChI is InChI=1S/C12H12ClN3O/c13-10-4-2-9(3-5-10)11(17)8-16-12-14-6-1-7-15-12/h1-7,11,17H,8H2,(H,14,15,16)/t11-/m1/s1. The minimum atomic E-state index is -0.615. The van der Waals surface area contributed by atoms with E-state index >= 15 is 0 Å². The molecule has 0 saturated heterocycles. The van der Waals surface area contributed by atoms with Gasteiger partial charge in [0.25, 0.3) is 0 Å². The van der Waals surface area contributed by atoms with Gasteiger partial charge in [-0.1, -0.05) is 23.7 Å². The second kappa shape index (κ2) is 5.61. The van der Waals surface area contributed by atoms with Gasteiger partial charge >= 0.3 is 0 Å². The fraction of sp³-hybridized carbons (Fsp3) is 0.167. The molecule has 1 aromatic carbocycles. The smallest absolute Gasteiger partial charge is 0.222 e. The SMILES string of the molecule is O[C@H](CNc1ncccn1)c1ccc(Cl)cc1. The maximum atomic E-state index is 9.91. The number of aliphatic hydroxyl groups is 1. The average Bonchev–Trinajstić information content (AvgIpc) is 2.38. The minimum Gasteiger partial charge on any atom is -0.387 e. The molecule has 1 aromatic heterocycles. The van der Waals surface area contributed by atoms with E-state index in [1.807, 2.05) is 0 Å². The summed E-state index contributed by atoms with van der Waals surface area (Å²) in [5.41, 5.74) is 0.804. The molecule has 2 rings (SSSR count). The topological polar surface area (TPSA) is 58.0 Å². The van der Waals surface area contributed by atoms with Crippen molar-refractivity contribution in [3.8, 4) is 0 Å². The van der Waals surface area contributed by atoms with Crippen LogP contribution in [0.25, 0.3) is 0 Å². The number of nitrogens with one attached hydrogen (secondary N) is 1. The molecule has 2 aromatic rings. The number of anilines is 1. The van der Waals surface area contributed by atoms with Crippen molar-refractivity contribution in [2.45, 2.75) is 6.10 Å². The van der Waals surface area contributed by atoms with Crippen LogP contribution in [0, 0.1) is 0 Å². The summed E-state index contributed by atoms with van der Waals surface area (Å²) in [6, 6.07) is 8.82. The van der Waals surface area contributed by atoms with Crippen molar-refractivity contribution in [3.63, 3.8) is 0 Å². The van der Waals surface area contributed by atoms with Crippen LogP contribution in [-0.4, -0.2) is 21.6 Å². The van der Waals surface area contributed by atoms with Crippen molar-refractivity contribution in [3.05, 3.63) is 53.3 Å². The third-order valence-corrected chi connectivity index (χ3v) is 2.53. The number of aromatic nitrogens is 2. The Bertz CT molecular complexity index is 461. The van der Waals surface area contributed by atoms with E-state index in [9.17, 15) is 5.11 Å². The molecule has 1 atom stereocenters. The van der Waals surface area contributed by atoms with E-state index in [1.165, 1.54) is 0 Å². The van der Waals surface area contributed by atoms with Crippen molar-refractivity contribution < 1.29 is 5.11 Å². The molecule has 0 unspecified atom stereocenters. The van der Waals surface area contributed by atoms with Gasteiger partial charge in [-0.25, -0.2) is 9.97 Å². The first kappa shape index (κ1) is 11.8. The first-order chi connectivity index (χ1) is 8.25. The summed E-state index contributed by atoms with van der Waals surface area (Å²) in [7, 11) is 0. The van der Waals surface area contributed by atoms with E-state index < -0.39 is 6.10 Å². The predicted octanol–water partition coefficient (Wildman–Crippen LogP) is 2.28. The van der Waals surface area contributed by atoms with Crippen LogP contribution in [0.4, 0.5) is 5.95 Å². The van der Waals surface area contributed by atoms with Crippen molar-refractivity contribution >= 4 is 17.5 Å². The molecule has 5 heteroatoms. The van der Waals surface area contributed by atoms with E-state index in [-0.39, 0.29) is 0 Å². The zero-order valence-corrected chi connectivity index (χ0v) is 9.80. The fourth-order valence-corrected chi connectivity index (χ4v) is 1.51. The van der Waals surface area contributed by atoms with Crippen LogP contribution in [0.5, 0.6) is 0 Å². The van der Waals surface area contributed by atoms with Crippen LogP contribution in [0.15, 0.2) is 42.7 Å². The van der Waals surface area contributed by atoms with Crippen LogP contribution >= 0.6 is 11.6 Å². The van der Waals surface area contributed by atoms with Gasteiger partial charge in [0.15, 0.2) is 0 Å². The summed E-state index contributed by atoms with van der Waals surface area (Å²) in [5.74, 6) is 0.500. The molecule has 0 saturated carbocycles. The molecule has 2 N–H and O–H groups in total. The van der Waals surface area contributed by atoms with E-state index in [4.69, 9.17) is 11.6 Å². The molecule has 4 nitrogen and oxygen atoms in total. The molecule has 0 amide bonds. The number of hydrogen-bond acceptors (Lipinski definition) is 4. The van der Waals surface area contributed by atoms with Crippen LogP contribution in [0.1, 0.15) is 11.7 Å². The van der Waals surface area contributed by atoms with Gasteiger partial charge < -0.3 is 10.4 Å². The van der Waals surface area contributed by atoms with E-state index in [1.54, 1.807) is 42.7 Å². The zero-order chi connectivity index (χ0) is 12.1. The normalized spacial score (nSPS) is 12.1. The molecule has 1 heterocycles. The van der Waals surface area contributed by atoms with Crippen LogP contribution in [-0.2, 0) is 0 Å².